The second-order valence-corrected chi connectivity index (χ2v) is 23.4. The van der Waals surface area contributed by atoms with Gasteiger partial charge in [0.2, 0.25) is 0 Å². The zero-order valence-corrected chi connectivity index (χ0v) is 23.6. The molecule has 7 nitrogen and oxygen atoms in total. The predicted octanol–water partition coefficient (Wildman–Crippen LogP) is 4.85. The quantitative estimate of drug-likeness (QED) is 0.294. The zero-order valence-electron chi connectivity index (χ0n) is 20.8. The summed E-state index contributed by atoms with van der Waals surface area (Å²) in [5.41, 5.74) is 7.69. The fraction of sp³-hybridized carbons (Fsp3) is 0.385. The maximum atomic E-state index is 9.93. The third-order valence-electron chi connectivity index (χ3n) is 6.19. The molecule has 0 spiro atoms. The number of nitrogens with zero attached hydrogens (tertiary/aromatic N) is 6. The minimum atomic E-state index is -2.54. The summed E-state index contributed by atoms with van der Waals surface area (Å²) < 4.78 is 3.91. The van der Waals surface area contributed by atoms with E-state index in [1.54, 1.807) is 0 Å². The number of tetrazole rings is 1. The first-order chi connectivity index (χ1) is 16.3. The van der Waals surface area contributed by atoms with Gasteiger partial charge >= 0.3 is 175 Å². The van der Waals surface area contributed by atoms with E-state index in [0.29, 0.717) is 0 Å². The molecule has 0 aliphatic rings. The molecule has 0 aliphatic carbocycles. The molecule has 0 unspecified atom stereocenters. The number of unbranched alkanes of at least 4 members (excludes halogenated alkanes) is 1. The number of aliphatic hydroxyl groups excluding tert-OH is 1. The Balaban J connectivity index is 1.66. The van der Waals surface area contributed by atoms with Crippen LogP contribution in [0, 0.1) is 0 Å². The van der Waals surface area contributed by atoms with Crippen molar-refractivity contribution in [1.29, 1.82) is 0 Å². The molecule has 2 aromatic carbocycles. The van der Waals surface area contributed by atoms with Crippen LogP contribution in [0.25, 0.3) is 22.5 Å². The molecule has 8 heteroatoms. The Morgan fingerprint density at radius 2 is 1.68 bits per heavy atom. The molecular formula is C26H34N6OSn. The number of hydrogen-bond acceptors (Lipinski definition) is 5. The van der Waals surface area contributed by atoms with Crippen molar-refractivity contribution in [3.05, 3.63) is 71.0 Å². The third kappa shape index (κ3) is 5.10. The van der Waals surface area contributed by atoms with E-state index in [9.17, 15) is 5.11 Å². The summed E-state index contributed by atoms with van der Waals surface area (Å²) in [6.07, 6.45) is 3.93. The molecule has 34 heavy (non-hydrogen) atoms. The van der Waals surface area contributed by atoms with Gasteiger partial charge in [0.05, 0.1) is 0 Å². The molecule has 2 aromatic heterocycles. The van der Waals surface area contributed by atoms with E-state index in [1.165, 1.54) is 5.56 Å². The van der Waals surface area contributed by atoms with E-state index in [0.717, 1.165) is 65.1 Å². The van der Waals surface area contributed by atoms with Crippen LogP contribution in [0.15, 0.2) is 48.5 Å². The van der Waals surface area contributed by atoms with Crippen molar-refractivity contribution < 1.29 is 5.11 Å². The molecule has 0 aliphatic heterocycles. The van der Waals surface area contributed by atoms with Crippen LogP contribution in [0.5, 0.6) is 0 Å². The van der Waals surface area contributed by atoms with Gasteiger partial charge in [-0.1, -0.05) is 13.3 Å². The predicted molar refractivity (Wildman–Crippen MR) is 138 cm³/mol. The molecule has 0 saturated heterocycles. The van der Waals surface area contributed by atoms with Gasteiger partial charge < -0.3 is 5.11 Å². The van der Waals surface area contributed by atoms with Crippen molar-refractivity contribution in [3.63, 3.8) is 0 Å². The van der Waals surface area contributed by atoms with E-state index in [1.807, 2.05) is 17.8 Å². The van der Waals surface area contributed by atoms with Gasteiger partial charge in [0.25, 0.3) is 0 Å². The molecular weight excluding hydrogens is 531 g/mol. The van der Waals surface area contributed by atoms with Crippen molar-refractivity contribution in [3.8, 4) is 22.5 Å². The number of aliphatic hydroxyl groups is 1. The Labute approximate surface area is 206 Å². The first-order valence-corrected chi connectivity index (χ1v) is 21.8. The van der Waals surface area contributed by atoms with E-state index < -0.39 is 18.7 Å². The van der Waals surface area contributed by atoms with Crippen LogP contribution < -0.4 is 0 Å². The summed E-state index contributed by atoms with van der Waals surface area (Å²) >= 11 is -2.54. The van der Waals surface area contributed by atoms with Crippen LogP contribution in [-0.2, 0) is 26.5 Å². The van der Waals surface area contributed by atoms with Crippen LogP contribution in [-0.4, -0.2) is 52.0 Å². The molecule has 1 N–H and O–H groups in total. The molecule has 0 radical (unpaired) electrons. The fourth-order valence-electron chi connectivity index (χ4n) is 4.35. The van der Waals surface area contributed by atoms with Crippen LogP contribution >= 0.6 is 0 Å². The second kappa shape index (κ2) is 10.4. The Kier molecular flexibility index (Phi) is 7.52. The van der Waals surface area contributed by atoms with Gasteiger partial charge in [-0.15, -0.1) is 0 Å². The first-order valence-electron chi connectivity index (χ1n) is 12.0. The summed E-state index contributed by atoms with van der Waals surface area (Å²) in [6.45, 7) is 2.19. The average molecular weight is 565 g/mol. The topological polar surface area (TPSA) is 81.7 Å². The van der Waals surface area contributed by atoms with Crippen molar-refractivity contribution >= 4 is 18.7 Å². The van der Waals surface area contributed by atoms with E-state index >= 15 is 0 Å². The first kappa shape index (κ1) is 24.6. The molecule has 0 bridgehead atoms. The second-order valence-electron chi connectivity index (χ2n) is 9.76. The van der Waals surface area contributed by atoms with Gasteiger partial charge in [0, 0.05) is 7.05 Å². The third-order valence-corrected chi connectivity index (χ3v) is 10.7. The van der Waals surface area contributed by atoms with Gasteiger partial charge in [0.1, 0.15) is 0 Å². The minimum absolute atomic E-state index is 0.00389. The SMILES string of the molecule is CCCCc1nn(C)c(CO)c1Cc1ccc(-c2ccccc2-c2nnn[n]2[Sn]([CH3])([CH3])[CH3])cc1. The van der Waals surface area contributed by atoms with Gasteiger partial charge in [0.15, 0.2) is 0 Å². The fourth-order valence-corrected chi connectivity index (χ4v) is 7.52. The van der Waals surface area contributed by atoms with Crippen LogP contribution in [0.4, 0.5) is 0 Å². The number of rotatable bonds is 9. The number of aryl methyl sites for hydroxylation is 2. The summed E-state index contributed by atoms with van der Waals surface area (Å²) in [5, 5.41) is 27.3. The Morgan fingerprint density at radius 1 is 0.971 bits per heavy atom. The van der Waals surface area contributed by atoms with E-state index in [4.69, 9.17) is 0 Å². The molecule has 0 amide bonds. The van der Waals surface area contributed by atoms with Gasteiger partial charge in [-0.3, -0.25) is 0 Å². The number of aromatic nitrogens is 6. The molecule has 0 atom stereocenters. The summed E-state index contributed by atoms with van der Waals surface area (Å²) in [4.78, 5) is 6.92. The van der Waals surface area contributed by atoms with Crippen molar-refractivity contribution in [2.45, 2.75) is 54.0 Å². The number of benzene rings is 2. The van der Waals surface area contributed by atoms with Gasteiger partial charge in [-0.05, 0) is 6.42 Å². The van der Waals surface area contributed by atoms with Crippen molar-refractivity contribution in [1.82, 2.24) is 28.2 Å². The Morgan fingerprint density at radius 3 is 2.32 bits per heavy atom. The van der Waals surface area contributed by atoms with Crippen LogP contribution in [0.2, 0.25) is 14.8 Å². The normalized spacial score (nSPS) is 11.8. The Hall–Kier alpha value is -2.52. The molecule has 0 fully saturated rings. The molecule has 4 rings (SSSR count). The zero-order chi connectivity index (χ0) is 24.3. The van der Waals surface area contributed by atoms with Crippen LogP contribution in [0.3, 0.4) is 0 Å². The monoisotopic (exact) mass is 566 g/mol. The van der Waals surface area contributed by atoms with Gasteiger partial charge in [-0.25, -0.2) is 0 Å². The van der Waals surface area contributed by atoms with E-state index in [-0.39, 0.29) is 6.61 Å². The van der Waals surface area contributed by atoms with E-state index in [2.05, 4.69) is 87.7 Å². The summed E-state index contributed by atoms with van der Waals surface area (Å²) in [5.74, 6) is 0.853. The van der Waals surface area contributed by atoms with Crippen molar-refractivity contribution in [2.24, 2.45) is 7.05 Å². The standard InChI is InChI=1S/C23H25N6O.3CH3.Sn/c1-3-4-9-21-20(22(15-30)29(2)26-21)14-16-10-12-17(13-11-16)18-7-5-6-8-19(18)23-24-27-28-25-23;;;;/h5-8,10-13,30H,3-4,9,14-15H2,1-2H3;3*1H3;/q-1;;;;+1. The molecule has 0 saturated carbocycles. The van der Waals surface area contributed by atoms with Crippen molar-refractivity contribution in [2.75, 3.05) is 0 Å². The summed E-state index contributed by atoms with van der Waals surface area (Å²) in [6, 6.07) is 17.0. The average Bonchev–Trinajstić information content (AvgIpc) is 3.43. The Bertz CT molecular complexity index is 1250. The van der Waals surface area contributed by atoms with Gasteiger partial charge in [-0.2, -0.15) is 0 Å². The maximum absolute atomic E-state index is 9.93. The molecule has 2 heterocycles. The number of hydrogen-bond donors (Lipinski definition) is 1. The summed E-state index contributed by atoms with van der Waals surface area (Å²) in [7, 11) is 1.92. The molecule has 4 aromatic rings. The van der Waals surface area contributed by atoms with Crippen LogP contribution in [0.1, 0.15) is 42.3 Å². The molecule has 178 valence electrons.